The van der Waals surface area contributed by atoms with Gasteiger partial charge < -0.3 is 10.6 Å². The van der Waals surface area contributed by atoms with Gasteiger partial charge in [-0.3, -0.25) is 4.90 Å². The first-order valence-corrected chi connectivity index (χ1v) is 9.59. The fourth-order valence-electron chi connectivity index (χ4n) is 3.62. The highest BCUT2D eigenvalue weighted by Gasteiger charge is 2.23. The zero-order chi connectivity index (χ0) is 18.1. The van der Waals surface area contributed by atoms with Gasteiger partial charge in [0.25, 0.3) is 0 Å². The van der Waals surface area contributed by atoms with Crippen molar-refractivity contribution in [1.29, 1.82) is 0 Å². The van der Waals surface area contributed by atoms with Gasteiger partial charge in [0.2, 0.25) is 5.95 Å². The number of anilines is 2. The average molecular weight is 369 g/mol. The van der Waals surface area contributed by atoms with E-state index in [9.17, 15) is 0 Å². The van der Waals surface area contributed by atoms with Crippen molar-refractivity contribution in [2.24, 2.45) is 0 Å². The summed E-state index contributed by atoms with van der Waals surface area (Å²) in [7, 11) is 2.21. The Morgan fingerprint density at radius 1 is 1.15 bits per heavy atom. The zero-order valence-corrected chi connectivity index (χ0v) is 15.9. The molecule has 3 aromatic rings. The van der Waals surface area contributed by atoms with E-state index in [0.29, 0.717) is 12.0 Å². The molecule has 136 valence electrons. The summed E-state index contributed by atoms with van der Waals surface area (Å²) in [6, 6.07) is 8.94. The summed E-state index contributed by atoms with van der Waals surface area (Å²) in [6.45, 7) is 4.86. The molecule has 1 saturated heterocycles. The lowest BCUT2D eigenvalue weighted by Crippen LogP contribution is -2.43. The smallest absolute Gasteiger partial charge is 0.222 e. The van der Waals surface area contributed by atoms with Crippen LogP contribution < -0.4 is 10.6 Å². The average Bonchev–Trinajstić information content (AvgIpc) is 3.09. The second-order valence-corrected chi connectivity index (χ2v) is 7.47. The number of hydrogen-bond acceptors (Lipinski definition) is 8. The predicted molar refractivity (Wildman–Crippen MR) is 105 cm³/mol. The van der Waals surface area contributed by atoms with Crippen LogP contribution in [0.4, 0.5) is 11.8 Å². The van der Waals surface area contributed by atoms with Crippen LogP contribution in [0.2, 0.25) is 0 Å². The third-order valence-corrected chi connectivity index (χ3v) is 5.58. The maximum atomic E-state index is 5.79. The second kappa shape index (κ2) is 7.13. The molecule has 0 amide bonds. The number of rotatable bonds is 4. The topological polar surface area (TPSA) is 84.1 Å². The van der Waals surface area contributed by atoms with Gasteiger partial charge in [0.15, 0.2) is 0 Å². The number of nitrogen functional groups attached to an aromatic ring is 1. The van der Waals surface area contributed by atoms with Crippen molar-refractivity contribution < 1.29 is 0 Å². The number of aromatic nitrogens is 4. The Bertz CT molecular complexity index is 881. The summed E-state index contributed by atoms with van der Waals surface area (Å²) in [5, 5.41) is 0. The van der Waals surface area contributed by atoms with Crippen LogP contribution in [0, 0.1) is 6.92 Å². The molecule has 0 spiro atoms. The fraction of sp³-hybridized carbons (Fsp3) is 0.444. The minimum atomic E-state index is 0.353. The summed E-state index contributed by atoms with van der Waals surface area (Å²) in [6.07, 6.45) is 2.22. The zero-order valence-electron chi connectivity index (χ0n) is 15.1. The van der Waals surface area contributed by atoms with E-state index in [1.807, 2.05) is 13.0 Å². The van der Waals surface area contributed by atoms with Crippen molar-refractivity contribution in [2.45, 2.75) is 32.4 Å². The molecule has 2 aromatic heterocycles. The van der Waals surface area contributed by atoms with Crippen LogP contribution in [0.3, 0.4) is 0 Å². The molecular formula is C18H23N7S. The van der Waals surface area contributed by atoms with E-state index < -0.39 is 0 Å². The van der Waals surface area contributed by atoms with Gasteiger partial charge in [-0.1, -0.05) is 6.07 Å². The Morgan fingerprint density at radius 3 is 2.69 bits per heavy atom. The highest BCUT2D eigenvalue weighted by atomic mass is 32.1. The summed E-state index contributed by atoms with van der Waals surface area (Å²) in [4.78, 5) is 13.3. The highest BCUT2D eigenvalue weighted by Crippen LogP contribution is 2.23. The predicted octanol–water partition coefficient (Wildman–Crippen LogP) is 2.47. The van der Waals surface area contributed by atoms with Crippen LogP contribution in [0.15, 0.2) is 24.3 Å². The first-order chi connectivity index (χ1) is 12.6. The fourth-order valence-corrected chi connectivity index (χ4v) is 4.13. The van der Waals surface area contributed by atoms with E-state index in [-0.39, 0.29) is 0 Å². The molecule has 0 unspecified atom stereocenters. The quantitative estimate of drug-likeness (QED) is 0.756. The number of nitrogens with two attached hydrogens (primary N) is 1. The lowest BCUT2D eigenvalue weighted by Gasteiger charge is -2.37. The molecule has 1 aliphatic heterocycles. The van der Waals surface area contributed by atoms with Crippen LogP contribution in [0.1, 0.15) is 24.1 Å². The van der Waals surface area contributed by atoms with Crippen molar-refractivity contribution in [3.63, 3.8) is 0 Å². The van der Waals surface area contributed by atoms with Gasteiger partial charge in [-0.25, -0.2) is 4.98 Å². The van der Waals surface area contributed by atoms with E-state index in [2.05, 4.69) is 53.8 Å². The molecule has 4 rings (SSSR count). The van der Waals surface area contributed by atoms with Crippen molar-refractivity contribution in [1.82, 2.24) is 23.6 Å². The molecule has 1 aromatic carbocycles. The van der Waals surface area contributed by atoms with Gasteiger partial charge in [0.1, 0.15) is 16.9 Å². The van der Waals surface area contributed by atoms with Crippen LogP contribution in [0.5, 0.6) is 0 Å². The van der Waals surface area contributed by atoms with E-state index >= 15 is 0 Å². The van der Waals surface area contributed by atoms with Gasteiger partial charge in [-0.2, -0.15) is 13.7 Å². The number of aryl methyl sites for hydroxylation is 1. The summed E-state index contributed by atoms with van der Waals surface area (Å²) < 4.78 is 8.61. The summed E-state index contributed by atoms with van der Waals surface area (Å²) >= 11 is 1.27. The summed E-state index contributed by atoms with van der Waals surface area (Å²) in [5.74, 6) is 1.30. The molecule has 0 saturated carbocycles. The number of nitrogens with zero attached hydrogens (tertiary/aromatic N) is 6. The monoisotopic (exact) mass is 369 g/mol. The second-order valence-electron chi connectivity index (χ2n) is 6.95. The molecule has 26 heavy (non-hydrogen) atoms. The summed E-state index contributed by atoms with van der Waals surface area (Å²) in [5.41, 5.74) is 9.97. The molecule has 0 aliphatic carbocycles. The lowest BCUT2D eigenvalue weighted by molar-refractivity contribution is 0.200. The minimum absolute atomic E-state index is 0.353. The van der Waals surface area contributed by atoms with Gasteiger partial charge in [-0.05, 0) is 44.5 Å². The largest absolute Gasteiger partial charge is 0.368 e. The molecule has 1 fully saturated rings. The number of hydrogen-bond donors (Lipinski definition) is 1. The van der Waals surface area contributed by atoms with Crippen molar-refractivity contribution >= 4 is 34.5 Å². The van der Waals surface area contributed by atoms with Crippen LogP contribution >= 0.6 is 11.7 Å². The van der Waals surface area contributed by atoms with Gasteiger partial charge >= 0.3 is 0 Å². The number of fused-ring (bicyclic) bond motifs is 1. The Labute approximate surface area is 157 Å². The lowest BCUT2D eigenvalue weighted by atomic mass is 10.0. The Kier molecular flexibility index (Phi) is 4.69. The van der Waals surface area contributed by atoms with Gasteiger partial charge in [0, 0.05) is 37.4 Å². The first-order valence-electron chi connectivity index (χ1n) is 8.86. The first kappa shape index (κ1) is 17.1. The molecule has 2 N–H and O–H groups in total. The molecule has 7 nitrogen and oxygen atoms in total. The molecule has 0 radical (unpaired) electrons. The molecule has 1 aliphatic rings. The molecule has 0 bridgehead atoms. The van der Waals surface area contributed by atoms with E-state index in [0.717, 1.165) is 55.0 Å². The van der Waals surface area contributed by atoms with Crippen molar-refractivity contribution in [3.05, 3.63) is 35.5 Å². The van der Waals surface area contributed by atoms with Crippen molar-refractivity contribution in [3.8, 4) is 0 Å². The van der Waals surface area contributed by atoms with Gasteiger partial charge in [-0.15, -0.1) is 0 Å². The van der Waals surface area contributed by atoms with Crippen molar-refractivity contribution in [2.75, 3.05) is 30.8 Å². The molecule has 0 atom stereocenters. The van der Waals surface area contributed by atoms with Crippen LogP contribution in [-0.2, 0) is 6.54 Å². The third-order valence-electron chi connectivity index (χ3n) is 5.02. The van der Waals surface area contributed by atoms with E-state index in [1.165, 1.54) is 17.3 Å². The SMILES string of the molecule is Cc1cc(N2CCC(N(C)Cc3ccc4nsnc4c3)CC2)nc(N)n1. The Morgan fingerprint density at radius 2 is 1.92 bits per heavy atom. The van der Waals surface area contributed by atoms with Crippen LogP contribution in [0.25, 0.3) is 11.0 Å². The number of piperidine rings is 1. The minimum Gasteiger partial charge on any atom is -0.368 e. The normalized spacial score (nSPS) is 15.9. The molecular weight excluding hydrogens is 346 g/mol. The Balaban J connectivity index is 1.37. The number of benzene rings is 1. The maximum absolute atomic E-state index is 5.79. The Hall–Kier alpha value is -2.32. The third kappa shape index (κ3) is 3.61. The maximum Gasteiger partial charge on any atom is 0.222 e. The highest BCUT2D eigenvalue weighted by molar-refractivity contribution is 7.00. The van der Waals surface area contributed by atoms with E-state index in [1.54, 1.807) is 0 Å². The standard InChI is InChI=1S/C18H23N7S/c1-12-9-17(21-18(19)20-12)25-7-5-14(6-8-25)24(2)11-13-3-4-15-16(10-13)23-26-22-15/h3-4,9-10,14H,5-8,11H2,1-2H3,(H2,19,20,21). The van der Waals surface area contributed by atoms with E-state index in [4.69, 9.17) is 5.73 Å². The van der Waals surface area contributed by atoms with Gasteiger partial charge in [0.05, 0.1) is 11.7 Å². The van der Waals surface area contributed by atoms with Crippen LogP contribution in [-0.4, -0.2) is 49.8 Å². The molecule has 3 heterocycles. The molecule has 8 heteroatoms.